The Balaban J connectivity index is 1.16. The van der Waals surface area contributed by atoms with Gasteiger partial charge < -0.3 is 14.6 Å². The van der Waals surface area contributed by atoms with Crippen LogP contribution in [0.5, 0.6) is 5.75 Å². The van der Waals surface area contributed by atoms with Crippen LogP contribution in [0, 0.1) is 18.8 Å². The van der Waals surface area contributed by atoms with Crippen LogP contribution in [0.15, 0.2) is 66.7 Å². The van der Waals surface area contributed by atoms with Crippen LogP contribution in [0.4, 0.5) is 0 Å². The number of aromatic amines is 1. The fraction of sp³-hybridized carbons (Fsp3) is 0.394. The molecule has 0 aliphatic carbocycles. The van der Waals surface area contributed by atoms with E-state index in [1.807, 2.05) is 6.92 Å². The summed E-state index contributed by atoms with van der Waals surface area (Å²) in [6, 6.07) is 23.8. The molecule has 3 unspecified atom stereocenters. The molecule has 0 spiro atoms. The van der Waals surface area contributed by atoms with Crippen LogP contribution in [0.2, 0.25) is 0 Å². The van der Waals surface area contributed by atoms with E-state index in [1.54, 1.807) is 0 Å². The summed E-state index contributed by atoms with van der Waals surface area (Å²) < 4.78 is 6.24. The lowest BCUT2D eigenvalue weighted by atomic mass is 9.82. The third-order valence-electron chi connectivity index (χ3n) is 8.54. The molecular formula is C33H37N3O2. The monoisotopic (exact) mass is 507 g/mol. The fourth-order valence-electron chi connectivity index (χ4n) is 6.40. The predicted octanol–water partition coefficient (Wildman–Crippen LogP) is 6.74. The van der Waals surface area contributed by atoms with Crippen molar-refractivity contribution in [2.75, 3.05) is 13.2 Å². The Labute approximate surface area is 225 Å². The van der Waals surface area contributed by atoms with Crippen LogP contribution in [0.1, 0.15) is 49.6 Å². The number of ether oxygens (including phenoxy) is 1. The second-order valence-corrected chi connectivity index (χ2v) is 11.2. The van der Waals surface area contributed by atoms with Crippen molar-refractivity contribution in [3.63, 3.8) is 0 Å². The van der Waals surface area contributed by atoms with Crippen molar-refractivity contribution in [3.8, 4) is 16.9 Å². The maximum Gasteiger partial charge on any atom is 0.223 e. The van der Waals surface area contributed by atoms with Gasteiger partial charge in [0, 0.05) is 19.0 Å². The molecule has 1 fully saturated rings. The standard InChI is InChI=1S/C33H37N3O2/c1-22-17-28-19-26(27-10-12-30-31(20-27)35-23(2)34-30)11-13-32(28)38-16-14-25(22)21-33(37)36-15-6-9-29(36)18-24-7-4-3-5-8-24/h3-5,7-8,10-13,19-20,22,25,29H,6,9,14-18,21H2,1-2H3,(H,34,35). The van der Waals surface area contributed by atoms with Gasteiger partial charge in [-0.1, -0.05) is 49.4 Å². The van der Waals surface area contributed by atoms with Gasteiger partial charge in [-0.3, -0.25) is 4.79 Å². The Hall–Kier alpha value is -3.60. The quantitative estimate of drug-likeness (QED) is 0.325. The van der Waals surface area contributed by atoms with Crippen molar-refractivity contribution in [3.05, 3.63) is 83.7 Å². The van der Waals surface area contributed by atoms with Gasteiger partial charge in [-0.15, -0.1) is 0 Å². The van der Waals surface area contributed by atoms with E-state index < -0.39 is 0 Å². The highest BCUT2D eigenvalue weighted by molar-refractivity contribution is 5.82. The zero-order valence-corrected chi connectivity index (χ0v) is 22.5. The van der Waals surface area contributed by atoms with Crippen molar-refractivity contribution >= 4 is 16.9 Å². The molecule has 5 nitrogen and oxygen atoms in total. The summed E-state index contributed by atoms with van der Waals surface area (Å²) in [5.41, 5.74) is 6.95. The van der Waals surface area contributed by atoms with E-state index in [-0.39, 0.29) is 0 Å². The SMILES string of the molecule is Cc1nc2ccc(-c3ccc4c(c3)CC(C)C(CC(=O)N3CCCC3Cc3ccccc3)CCO4)cc2[nH]1. The molecule has 6 rings (SSSR count). The Kier molecular flexibility index (Phi) is 6.92. The lowest BCUT2D eigenvalue weighted by Crippen LogP contribution is -2.38. The minimum Gasteiger partial charge on any atom is -0.493 e. The summed E-state index contributed by atoms with van der Waals surface area (Å²) in [4.78, 5) is 23.6. The number of benzene rings is 3. The van der Waals surface area contributed by atoms with Crippen LogP contribution < -0.4 is 4.74 Å². The average Bonchev–Trinajstić information content (AvgIpc) is 3.53. The number of imidazole rings is 1. The summed E-state index contributed by atoms with van der Waals surface area (Å²) in [6.07, 6.45) is 5.61. The zero-order valence-electron chi connectivity index (χ0n) is 22.5. The van der Waals surface area contributed by atoms with Gasteiger partial charge in [0.05, 0.1) is 17.6 Å². The highest BCUT2D eigenvalue weighted by Crippen LogP contribution is 2.35. The lowest BCUT2D eigenvalue weighted by molar-refractivity contribution is -0.133. The van der Waals surface area contributed by atoms with Crippen LogP contribution in [0.3, 0.4) is 0 Å². The van der Waals surface area contributed by atoms with Gasteiger partial charge in [-0.25, -0.2) is 4.98 Å². The molecule has 2 aliphatic heterocycles. The lowest BCUT2D eigenvalue weighted by Gasteiger charge is -2.31. The van der Waals surface area contributed by atoms with Crippen LogP contribution in [0.25, 0.3) is 22.2 Å². The molecule has 196 valence electrons. The second kappa shape index (κ2) is 10.6. The van der Waals surface area contributed by atoms with E-state index in [0.717, 1.165) is 61.3 Å². The number of aromatic nitrogens is 2. The van der Waals surface area contributed by atoms with E-state index in [2.05, 4.69) is 88.5 Å². The summed E-state index contributed by atoms with van der Waals surface area (Å²) >= 11 is 0. The maximum atomic E-state index is 13.5. The van der Waals surface area contributed by atoms with E-state index in [0.29, 0.717) is 36.8 Å². The number of aryl methyl sites for hydroxylation is 1. The second-order valence-electron chi connectivity index (χ2n) is 11.2. The molecule has 4 aromatic rings. The van der Waals surface area contributed by atoms with Gasteiger partial charge in [0.25, 0.3) is 0 Å². The van der Waals surface area contributed by atoms with Gasteiger partial charge in [-0.2, -0.15) is 0 Å². The summed E-state index contributed by atoms with van der Waals surface area (Å²) in [5.74, 6) is 2.95. The van der Waals surface area contributed by atoms with E-state index >= 15 is 0 Å². The highest BCUT2D eigenvalue weighted by atomic mass is 16.5. The maximum absolute atomic E-state index is 13.5. The molecule has 1 saturated heterocycles. The van der Waals surface area contributed by atoms with Gasteiger partial charge in [0.1, 0.15) is 11.6 Å². The molecule has 0 bridgehead atoms. The molecule has 3 aromatic carbocycles. The Morgan fingerprint density at radius 1 is 1.05 bits per heavy atom. The number of hydrogen-bond acceptors (Lipinski definition) is 3. The van der Waals surface area contributed by atoms with E-state index in [1.165, 1.54) is 22.3 Å². The molecule has 1 aromatic heterocycles. The molecule has 0 radical (unpaired) electrons. The van der Waals surface area contributed by atoms with Crippen LogP contribution >= 0.6 is 0 Å². The first-order valence-corrected chi connectivity index (χ1v) is 14.1. The number of hydrogen-bond donors (Lipinski definition) is 1. The number of carbonyl (C=O) groups excluding carboxylic acids is 1. The first-order valence-electron chi connectivity index (χ1n) is 14.1. The summed E-state index contributed by atoms with van der Waals surface area (Å²) in [7, 11) is 0. The topological polar surface area (TPSA) is 58.2 Å². The third-order valence-corrected chi connectivity index (χ3v) is 8.54. The van der Waals surface area contributed by atoms with Crippen molar-refractivity contribution < 1.29 is 9.53 Å². The number of nitrogens with one attached hydrogen (secondary N) is 1. The number of amides is 1. The first-order chi connectivity index (χ1) is 18.5. The van der Waals surface area contributed by atoms with Crippen LogP contribution in [-0.4, -0.2) is 40.0 Å². The van der Waals surface area contributed by atoms with Crippen molar-refractivity contribution in [1.29, 1.82) is 0 Å². The number of rotatable bonds is 5. The Morgan fingerprint density at radius 2 is 1.87 bits per heavy atom. The molecule has 1 N–H and O–H groups in total. The number of carbonyl (C=O) groups is 1. The number of likely N-dealkylation sites (tertiary alicyclic amines) is 1. The third kappa shape index (κ3) is 5.20. The molecular weight excluding hydrogens is 470 g/mol. The molecule has 3 atom stereocenters. The van der Waals surface area contributed by atoms with Crippen molar-refractivity contribution in [2.45, 2.75) is 58.4 Å². The zero-order chi connectivity index (χ0) is 26.1. The summed E-state index contributed by atoms with van der Waals surface area (Å²) in [6.45, 7) is 5.84. The smallest absolute Gasteiger partial charge is 0.223 e. The Morgan fingerprint density at radius 3 is 2.74 bits per heavy atom. The molecule has 5 heteroatoms. The average molecular weight is 508 g/mol. The minimum atomic E-state index is 0.318. The summed E-state index contributed by atoms with van der Waals surface area (Å²) in [5, 5.41) is 0. The molecule has 0 saturated carbocycles. The molecule has 2 aliphatic rings. The number of H-pyrrole nitrogens is 1. The van der Waals surface area contributed by atoms with Crippen LogP contribution in [-0.2, 0) is 17.6 Å². The Bertz CT molecular complexity index is 1430. The number of nitrogens with zero attached hydrogens (tertiary/aromatic N) is 2. The normalized spacial score (nSPS) is 21.5. The first kappa shape index (κ1) is 24.7. The fourth-order valence-corrected chi connectivity index (χ4v) is 6.40. The van der Waals surface area contributed by atoms with Gasteiger partial charge in [-0.05, 0) is 97.4 Å². The number of fused-ring (bicyclic) bond motifs is 2. The largest absolute Gasteiger partial charge is 0.493 e. The van der Waals surface area contributed by atoms with E-state index in [9.17, 15) is 4.79 Å². The van der Waals surface area contributed by atoms with Crippen molar-refractivity contribution in [1.82, 2.24) is 14.9 Å². The molecule has 38 heavy (non-hydrogen) atoms. The predicted molar refractivity (Wildman–Crippen MR) is 152 cm³/mol. The van der Waals surface area contributed by atoms with E-state index in [4.69, 9.17) is 4.74 Å². The molecule has 1 amide bonds. The molecule has 3 heterocycles. The van der Waals surface area contributed by atoms with Crippen molar-refractivity contribution in [2.24, 2.45) is 11.8 Å². The minimum absolute atomic E-state index is 0.318. The van der Waals surface area contributed by atoms with Gasteiger partial charge in [0.2, 0.25) is 5.91 Å². The highest BCUT2D eigenvalue weighted by Gasteiger charge is 2.32. The van der Waals surface area contributed by atoms with Gasteiger partial charge >= 0.3 is 0 Å². The van der Waals surface area contributed by atoms with Gasteiger partial charge in [0.15, 0.2) is 0 Å².